The highest BCUT2D eigenvalue weighted by Gasteiger charge is 2.29. The molecule has 0 N–H and O–H groups in total. The summed E-state index contributed by atoms with van der Waals surface area (Å²) in [6.07, 6.45) is 0.747. The average molecular weight is 334 g/mol. The van der Waals surface area contributed by atoms with Crippen molar-refractivity contribution in [2.45, 2.75) is 41.0 Å². The topological polar surface area (TPSA) is 74.8 Å². The van der Waals surface area contributed by atoms with Gasteiger partial charge in [0.2, 0.25) is 0 Å². The summed E-state index contributed by atoms with van der Waals surface area (Å²) in [6, 6.07) is 0. The van der Waals surface area contributed by atoms with E-state index in [0.717, 1.165) is 24.4 Å². The Morgan fingerprint density at radius 3 is 1.75 bits per heavy atom. The van der Waals surface area contributed by atoms with Gasteiger partial charge in [0.15, 0.2) is 23.1 Å². The van der Waals surface area contributed by atoms with Crippen LogP contribution in [0, 0.1) is 0 Å². The van der Waals surface area contributed by atoms with E-state index < -0.39 is 0 Å². The maximum Gasteiger partial charge on any atom is 0.187 e. The predicted molar refractivity (Wildman–Crippen MR) is 91.3 cm³/mol. The van der Waals surface area contributed by atoms with E-state index in [4.69, 9.17) is 0 Å². The molecule has 2 heterocycles. The maximum atomic E-state index is 11.3. The smallest absolute Gasteiger partial charge is 0.187 e. The summed E-state index contributed by atoms with van der Waals surface area (Å²) < 4.78 is 0. The molecule has 0 amide bonds. The van der Waals surface area contributed by atoms with Crippen LogP contribution >= 0.6 is 0 Å². The van der Waals surface area contributed by atoms with Crippen LogP contribution in [0.25, 0.3) is 0 Å². The van der Waals surface area contributed by atoms with E-state index in [2.05, 4.69) is 0 Å². The average Bonchev–Trinajstić information content (AvgIpc) is 2.94. The minimum Gasteiger partial charge on any atom is -0.369 e. The molecule has 0 aromatic carbocycles. The summed E-state index contributed by atoms with van der Waals surface area (Å²) in [5, 5.41) is 0. The Bertz CT molecular complexity index is 643. The molecule has 6 nitrogen and oxygen atoms in total. The standard InChI is InChI=1S/2C9H13NO2/c1-4-7-9(6(2)11)8(12)5-10(7)3;1-4-10-5-8(12)9(6(10)2)7(3)11/h2*4-5H2,1-3H3. The second-order valence-electron chi connectivity index (χ2n) is 5.96. The van der Waals surface area contributed by atoms with Crippen LogP contribution in [0.4, 0.5) is 0 Å². The third-order valence-corrected chi connectivity index (χ3v) is 4.28. The van der Waals surface area contributed by atoms with Crippen molar-refractivity contribution in [2.75, 3.05) is 26.7 Å². The van der Waals surface area contributed by atoms with Gasteiger partial charge in [-0.2, -0.15) is 0 Å². The zero-order valence-electron chi connectivity index (χ0n) is 15.4. The van der Waals surface area contributed by atoms with Gasteiger partial charge in [0.25, 0.3) is 0 Å². The number of rotatable bonds is 4. The third kappa shape index (κ3) is 3.99. The number of nitrogens with zero attached hydrogens (tertiary/aromatic N) is 2. The zero-order chi connectivity index (χ0) is 18.6. The first kappa shape index (κ1) is 19.8. The van der Waals surface area contributed by atoms with E-state index in [1.807, 2.05) is 37.6 Å². The molecule has 0 bridgehead atoms. The lowest BCUT2D eigenvalue weighted by Gasteiger charge is -2.15. The van der Waals surface area contributed by atoms with Crippen LogP contribution in [0.3, 0.4) is 0 Å². The highest BCUT2D eigenvalue weighted by Crippen LogP contribution is 2.21. The molecule has 2 aliphatic rings. The van der Waals surface area contributed by atoms with Crippen molar-refractivity contribution < 1.29 is 19.2 Å². The largest absolute Gasteiger partial charge is 0.369 e. The molecule has 0 aromatic heterocycles. The van der Waals surface area contributed by atoms with Gasteiger partial charge < -0.3 is 9.80 Å². The molecular weight excluding hydrogens is 308 g/mol. The zero-order valence-corrected chi connectivity index (χ0v) is 15.4. The van der Waals surface area contributed by atoms with Gasteiger partial charge in [-0.25, -0.2) is 0 Å². The van der Waals surface area contributed by atoms with Gasteiger partial charge in [-0.05, 0) is 34.1 Å². The number of Topliss-reactive ketones (excluding diaryl/α,β-unsaturated/α-hetero) is 4. The number of hydrogen-bond acceptors (Lipinski definition) is 6. The number of carbonyl (C=O) groups excluding carboxylic acids is 4. The predicted octanol–water partition coefficient (Wildman–Crippen LogP) is 1.51. The summed E-state index contributed by atoms with van der Waals surface area (Å²) in [7, 11) is 1.84. The summed E-state index contributed by atoms with van der Waals surface area (Å²) in [4.78, 5) is 48.4. The van der Waals surface area contributed by atoms with E-state index in [1.54, 1.807) is 0 Å². The number of hydrogen-bond donors (Lipinski definition) is 0. The van der Waals surface area contributed by atoms with E-state index in [-0.39, 0.29) is 23.1 Å². The van der Waals surface area contributed by atoms with Gasteiger partial charge >= 0.3 is 0 Å². The molecule has 0 unspecified atom stereocenters. The third-order valence-electron chi connectivity index (χ3n) is 4.28. The van der Waals surface area contributed by atoms with E-state index in [0.29, 0.717) is 24.2 Å². The first-order valence-corrected chi connectivity index (χ1v) is 8.13. The highest BCUT2D eigenvalue weighted by molar-refractivity contribution is 6.22. The molecule has 0 aromatic rings. The Balaban J connectivity index is 0.000000240. The molecule has 0 saturated heterocycles. The number of likely N-dealkylation sites (N-methyl/N-ethyl adjacent to an activating group) is 2. The number of carbonyl (C=O) groups is 4. The fourth-order valence-electron chi connectivity index (χ4n) is 3.12. The Kier molecular flexibility index (Phi) is 6.63. The lowest BCUT2D eigenvalue weighted by molar-refractivity contribution is -0.121. The summed E-state index contributed by atoms with van der Waals surface area (Å²) >= 11 is 0. The van der Waals surface area contributed by atoms with E-state index >= 15 is 0 Å². The fraction of sp³-hybridized carbons (Fsp3) is 0.556. The maximum absolute atomic E-state index is 11.3. The van der Waals surface area contributed by atoms with Crippen LogP contribution in [0.5, 0.6) is 0 Å². The first-order valence-electron chi connectivity index (χ1n) is 8.13. The Morgan fingerprint density at radius 2 is 1.46 bits per heavy atom. The summed E-state index contributed by atoms with van der Waals surface area (Å²) in [6.45, 7) is 10.2. The Morgan fingerprint density at radius 1 is 0.958 bits per heavy atom. The van der Waals surface area contributed by atoms with Gasteiger partial charge in [0, 0.05) is 25.0 Å². The second-order valence-corrected chi connectivity index (χ2v) is 5.96. The van der Waals surface area contributed by atoms with Crippen LogP contribution in [-0.2, 0) is 19.2 Å². The lowest BCUT2D eigenvalue weighted by atomic mass is 10.1. The molecule has 0 atom stereocenters. The molecule has 6 heteroatoms. The fourth-order valence-corrected chi connectivity index (χ4v) is 3.12. The van der Waals surface area contributed by atoms with Crippen LogP contribution in [0.15, 0.2) is 22.5 Å². The first-order chi connectivity index (χ1) is 11.1. The molecule has 0 radical (unpaired) electrons. The molecule has 24 heavy (non-hydrogen) atoms. The molecule has 132 valence electrons. The number of allylic oxidation sites excluding steroid dienone is 2. The van der Waals surface area contributed by atoms with Gasteiger partial charge in [-0.1, -0.05) is 6.92 Å². The second kappa shape index (κ2) is 8.04. The monoisotopic (exact) mass is 334 g/mol. The minimum absolute atomic E-state index is 0.0400. The van der Waals surface area contributed by atoms with Gasteiger partial charge in [0.1, 0.15) is 0 Å². The summed E-state index contributed by atoms with van der Waals surface area (Å²) in [5.74, 6) is -0.307. The van der Waals surface area contributed by atoms with Crippen LogP contribution < -0.4 is 0 Å². The van der Waals surface area contributed by atoms with Crippen LogP contribution in [0.1, 0.15) is 41.0 Å². The van der Waals surface area contributed by atoms with Crippen LogP contribution in [0.2, 0.25) is 0 Å². The van der Waals surface area contributed by atoms with Crippen molar-refractivity contribution >= 4 is 23.1 Å². The Hall–Kier alpha value is -2.24. The van der Waals surface area contributed by atoms with Crippen molar-refractivity contribution in [3.05, 3.63) is 22.5 Å². The van der Waals surface area contributed by atoms with E-state index in [9.17, 15) is 19.2 Å². The van der Waals surface area contributed by atoms with Gasteiger partial charge in [0.05, 0.1) is 24.2 Å². The Labute approximate surface area is 143 Å². The molecule has 0 spiro atoms. The summed E-state index contributed by atoms with van der Waals surface area (Å²) in [5.41, 5.74) is 2.50. The SMILES string of the molecule is CCC1=C(C(C)=O)C(=O)CN1C.CCN1CC(=O)C(C(C)=O)=C1C. The molecule has 2 aliphatic heterocycles. The normalized spacial score (nSPS) is 17.6. The van der Waals surface area contributed by atoms with Gasteiger partial charge in [-0.15, -0.1) is 0 Å². The molecule has 2 rings (SSSR count). The van der Waals surface area contributed by atoms with Crippen molar-refractivity contribution in [1.82, 2.24) is 9.80 Å². The number of ketones is 4. The van der Waals surface area contributed by atoms with Gasteiger partial charge in [-0.3, -0.25) is 19.2 Å². The van der Waals surface area contributed by atoms with Crippen molar-refractivity contribution in [3.63, 3.8) is 0 Å². The minimum atomic E-state index is -0.117. The van der Waals surface area contributed by atoms with Crippen molar-refractivity contribution in [1.29, 1.82) is 0 Å². The van der Waals surface area contributed by atoms with E-state index in [1.165, 1.54) is 13.8 Å². The van der Waals surface area contributed by atoms with Crippen LogP contribution in [-0.4, -0.2) is 59.6 Å². The quantitative estimate of drug-likeness (QED) is 0.726. The lowest BCUT2D eigenvalue weighted by Crippen LogP contribution is -2.20. The molecule has 0 saturated carbocycles. The van der Waals surface area contributed by atoms with Crippen molar-refractivity contribution in [2.24, 2.45) is 0 Å². The molecule has 0 fully saturated rings. The molecule has 0 aliphatic carbocycles. The van der Waals surface area contributed by atoms with Crippen molar-refractivity contribution in [3.8, 4) is 0 Å². The molecular formula is C18H26N2O4. The highest BCUT2D eigenvalue weighted by atomic mass is 16.2.